The first-order valence-corrected chi connectivity index (χ1v) is 8.62. The van der Waals surface area contributed by atoms with Gasteiger partial charge in [-0.1, -0.05) is 60.3 Å². The number of para-hydroxylation sites is 1. The molecule has 2 heterocycles. The molecule has 0 aliphatic carbocycles. The summed E-state index contributed by atoms with van der Waals surface area (Å²) in [5.41, 5.74) is 2.24. The van der Waals surface area contributed by atoms with Crippen LogP contribution >= 0.6 is 11.8 Å². The summed E-state index contributed by atoms with van der Waals surface area (Å²) in [5.74, 6) is 0.285. The Labute approximate surface area is 143 Å². The molecule has 5 heteroatoms. The molecule has 2 aromatic carbocycles. The van der Waals surface area contributed by atoms with Gasteiger partial charge < -0.3 is 0 Å². The molecule has 24 heavy (non-hydrogen) atoms. The highest BCUT2D eigenvalue weighted by Gasteiger charge is 2.38. The first kappa shape index (κ1) is 14.9. The van der Waals surface area contributed by atoms with Crippen molar-refractivity contribution < 1.29 is 9.59 Å². The lowest BCUT2D eigenvalue weighted by molar-refractivity contribution is 0.0787. The normalized spacial score (nSPS) is 17.4. The molecule has 1 saturated heterocycles. The van der Waals surface area contributed by atoms with Gasteiger partial charge in [-0.15, -0.1) is 0 Å². The van der Waals surface area contributed by atoms with Gasteiger partial charge >= 0.3 is 0 Å². The fourth-order valence-electron chi connectivity index (χ4n) is 2.89. The van der Waals surface area contributed by atoms with E-state index in [2.05, 4.69) is 4.98 Å². The number of hydrogen-bond donors (Lipinski definition) is 0. The van der Waals surface area contributed by atoms with Crippen LogP contribution in [-0.2, 0) is 0 Å². The Kier molecular flexibility index (Phi) is 3.78. The zero-order valence-electron chi connectivity index (χ0n) is 12.8. The van der Waals surface area contributed by atoms with Crippen LogP contribution in [0.4, 0.5) is 4.79 Å². The molecule has 0 bridgehead atoms. The molecule has 4 rings (SSSR count). The summed E-state index contributed by atoms with van der Waals surface area (Å²) in [6, 6.07) is 18.8. The van der Waals surface area contributed by atoms with Crippen molar-refractivity contribution in [2.75, 3.05) is 5.75 Å². The van der Waals surface area contributed by atoms with Gasteiger partial charge in [0, 0.05) is 17.3 Å². The second-order valence-electron chi connectivity index (χ2n) is 5.60. The van der Waals surface area contributed by atoms with Crippen LogP contribution in [0.25, 0.3) is 10.9 Å². The Balaban J connectivity index is 1.71. The molecule has 0 spiro atoms. The van der Waals surface area contributed by atoms with Gasteiger partial charge in [-0.3, -0.25) is 19.5 Å². The van der Waals surface area contributed by atoms with Crippen LogP contribution in [0.15, 0.2) is 66.9 Å². The molecule has 4 nitrogen and oxygen atoms in total. The van der Waals surface area contributed by atoms with Crippen molar-refractivity contribution in [3.05, 3.63) is 78.0 Å². The Morgan fingerprint density at radius 1 is 1.08 bits per heavy atom. The number of hydrogen-bond acceptors (Lipinski definition) is 4. The minimum atomic E-state index is -0.294. The minimum absolute atomic E-state index is 0.206. The lowest BCUT2D eigenvalue weighted by atomic mass is 10.1. The second-order valence-corrected chi connectivity index (χ2v) is 6.57. The maximum absolute atomic E-state index is 12.9. The van der Waals surface area contributed by atoms with Gasteiger partial charge in [0.2, 0.25) is 0 Å². The lowest BCUT2D eigenvalue weighted by Gasteiger charge is -2.22. The number of aromatic nitrogens is 1. The van der Waals surface area contributed by atoms with Gasteiger partial charge in [0.15, 0.2) is 0 Å². The Bertz CT molecular complexity index is 927. The van der Waals surface area contributed by atoms with Crippen molar-refractivity contribution in [1.29, 1.82) is 0 Å². The van der Waals surface area contributed by atoms with Crippen LogP contribution < -0.4 is 0 Å². The quantitative estimate of drug-likeness (QED) is 0.702. The number of imide groups is 1. The highest BCUT2D eigenvalue weighted by molar-refractivity contribution is 8.13. The van der Waals surface area contributed by atoms with Gasteiger partial charge in [-0.05, 0) is 17.7 Å². The van der Waals surface area contributed by atoms with Gasteiger partial charge in [-0.25, -0.2) is 0 Å². The summed E-state index contributed by atoms with van der Waals surface area (Å²) in [4.78, 5) is 30.9. The standard InChI is InChI=1S/C19H14N2O2S/c22-18(15-10-14-8-4-5-9-16(14)20-11-15)21-17(12-24-19(21)23)13-6-2-1-3-7-13/h1-11,17H,12H2/t17-/m1/s1. The number of pyridine rings is 1. The summed E-state index contributed by atoms with van der Waals surface area (Å²) in [5, 5.41) is 0.681. The monoisotopic (exact) mass is 334 g/mol. The first-order chi connectivity index (χ1) is 11.7. The van der Waals surface area contributed by atoms with Crippen molar-refractivity contribution in [2.45, 2.75) is 6.04 Å². The molecule has 1 aliphatic heterocycles. The van der Waals surface area contributed by atoms with Crippen molar-refractivity contribution in [1.82, 2.24) is 9.88 Å². The molecule has 0 unspecified atom stereocenters. The minimum Gasteiger partial charge on any atom is -0.268 e. The Hall–Kier alpha value is -2.66. The highest BCUT2D eigenvalue weighted by Crippen LogP contribution is 2.36. The van der Waals surface area contributed by atoms with Gasteiger partial charge in [0.05, 0.1) is 17.1 Å². The number of thioether (sulfide) groups is 1. The van der Waals surface area contributed by atoms with Crippen molar-refractivity contribution >= 4 is 33.8 Å². The molecule has 1 aliphatic rings. The first-order valence-electron chi connectivity index (χ1n) is 7.64. The van der Waals surface area contributed by atoms with Crippen LogP contribution in [0.1, 0.15) is 22.0 Å². The molecule has 0 radical (unpaired) electrons. The molecule has 1 aromatic heterocycles. The topological polar surface area (TPSA) is 50.3 Å². The SMILES string of the molecule is O=C1SC[C@H](c2ccccc2)N1C(=O)c1cnc2ccccc2c1. The number of fused-ring (bicyclic) bond motifs is 1. The third-order valence-corrected chi connectivity index (χ3v) is 5.04. The molecule has 3 aromatic rings. The molecule has 118 valence electrons. The average Bonchev–Trinajstić information content (AvgIpc) is 3.03. The van der Waals surface area contributed by atoms with E-state index in [1.165, 1.54) is 16.7 Å². The van der Waals surface area contributed by atoms with Crippen LogP contribution in [-0.4, -0.2) is 26.8 Å². The molecule has 1 fully saturated rings. The van der Waals surface area contributed by atoms with Crippen molar-refractivity contribution in [3.8, 4) is 0 Å². The van der Waals surface area contributed by atoms with Gasteiger partial charge in [0.25, 0.3) is 11.1 Å². The summed E-state index contributed by atoms with van der Waals surface area (Å²) in [6.45, 7) is 0. The van der Waals surface area contributed by atoms with E-state index in [1.807, 2.05) is 54.6 Å². The Morgan fingerprint density at radius 2 is 1.83 bits per heavy atom. The number of nitrogens with zero attached hydrogens (tertiary/aromatic N) is 2. The summed E-state index contributed by atoms with van der Waals surface area (Å²) in [6.07, 6.45) is 1.54. The van der Waals surface area contributed by atoms with Crippen LogP contribution in [0.2, 0.25) is 0 Å². The van der Waals surface area contributed by atoms with Gasteiger partial charge in [-0.2, -0.15) is 0 Å². The zero-order valence-corrected chi connectivity index (χ0v) is 13.6. The van der Waals surface area contributed by atoms with Crippen LogP contribution in [0, 0.1) is 0 Å². The molecular weight excluding hydrogens is 320 g/mol. The van der Waals surface area contributed by atoms with E-state index in [1.54, 1.807) is 12.3 Å². The molecule has 0 N–H and O–H groups in total. The maximum Gasteiger partial charge on any atom is 0.289 e. The van der Waals surface area contributed by atoms with Crippen molar-refractivity contribution in [2.24, 2.45) is 0 Å². The fourth-order valence-corrected chi connectivity index (χ4v) is 3.88. The zero-order chi connectivity index (χ0) is 16.5. The summed E-state index contributed by atoms with van der Waals surface area (Å²) < 4.78 is 0. The predicted molar refractivity (Wildman–Crippen MR) is 94.9 cm³/mol. The predicted octanol–water partition coefficient (Wildman–Crippen LogP) is 4.29. The summed E-state index contributed by atoms with van der Waals surface area (Å²) in [7, 11) is 0. The molecule has 2 amide bonds. The molecule has 0 saturated carbocycles. The lowest BCUT2D eigenvalue weighted by Crippen LogP contribution is -2.33. The van der Waals surface area contributed by atoms with Crippen LogP contribution in [0.5, 0.6) is 0 Å². The number of benzene rings is 2. The van der Waals surface area contributed by atoms with Crippen molar-refractivity contribution in [3.63, 3.8) is 0 Å². The number of carbonyl (C=O) groups excluding carboxylic acids is 2. The molecule has 1 atom stereocenters. The number of rotatable bonds is 2. The molecular formula is C19H14N2O2S. The number of amides is 2. The van der Waals surface area contributed by atoms with E-state index in [-0.39, 0.29) is 17.2 Å². The third kappa shape index (κ3) is 2.57. The second kappa shape index (κ2) is 6.09. The smallest absolute Gasteiger partial charge is 0.268 e. The van der Waals surface area contributed by atoms with E-state index < -0.39 is 0 Å². The van der Waals surface area contributed by atoms with E-state index in [0.717, 1.165) is 16.5 Å². The average molecular weight is 334 g/mol. The maximum atomic E-state index is 12.9. The summed E-state index contributed by atoms with van der Waals surface area (Å²) >= 11 is 1.18. The van der Waals surface area contributed by atoms with E-state index in [0.29, 0.717) is 11.3 Å². The van der Waals surface area contributed by atoms with Crippen LogP contribution in [0.3, 0.4) is 0 Å². The fraction of sp³-hybridized carbons (Fsp3) is 0.105. The highest BCUT2D eigenvalue weighted by atomic mass is 32.2. The van der Waals surface area contributed by atoms with E-state index in [9.17, 15) is 9.59 Å². The Morgan fingerprint density at radius 3 is 2.67 bits per heavy atom. The van der Waals surface area contributed by atoms with E-state index in [4.69, 9.17) is 0 Å². The van der Waals surface area contributed by atoms with Gasteiger partial charge in [0.1, 0.15) is 0 Å². The number of carbonyl (C=O) groups is 2. The largest absolute Gasteiger partial charge is 0.289 e. The third-order valence-electron chi connectivity index (χ3n) is 4.11. The van der Waals surface area contributed by atoms with E-state index >= 15 is 0 Å².